The third-order valence-corrected chi connectivity index (χ3v) is 1.42. The van der Waals surface area contributed by atoms with Crippen molar-refractivity contribution in [3.63, 3.8) is 0 Å². The summed E-state index contributed by atoms with van der Waals surface area (Å²) in [5, 5.41) is 0. The fourth-order valence-corrected chi connectivity index (χ4v) is 0.644. The number of hydrogen-bond donors (Lipinski definition) is 0. The Bertz CT molecular complexity index is 64.4. The Labute approximate surface area is 72.7 Å². The molecule has 0 aromatic rings. The summed E-state index contributed by atoms with van der Waals surface area (Å²) in [6, 6.07) is 0. The van der Waals surface area contributed by atoms with Gasteiger partial charge in [-0.2, -0.15) is 0 Å². The summed E-state index contributed by atoms with van der Waals surface area (Å²) in [5.41, 5.74) is 0. The normalized spacial score (nSPS) is 11.3. The Balaban J connectivity index is 0. The van der Waals surface area contributed by atoms with Gasteiger partial charge in [0.25, 0.3) is 0 Å². The minimum absolute atomic E-state index is 0.718. The molecule has 1 atom stereocenters. The Morgan fingerprint density at radius 1 is 1.27 bits per heavy atom. The number of rotatable bonds is 4. The topological polar surface area (TPSA) is 0 Å². The molecular formula is C11H24. The molecule has 0 aliphatic carbocycles. The van der Waals surface area contributed by atoms with Gasteiger partial charge in [-0.1, -0.05) is 53.0 Å². The van der Waals surface area contributed by atoms with E-state index in [1.54, 1.807) is 0 Å². The maximum atomic E-state index is 3.71. The molecule has 0 bridgehead atoms. The molecule has 0 rings (SSSR count). The van der Waals surface area contributed by atoms with Crippen LogP contribution >= 0.6 is 0 Å². The molecule has 0 fully saturated rings. The van der Waals surface area contributed by atoms with Crippen molar-refractivity contribution in [3.8, 4) is 0 Å². The predicted molar refractivity (Wildman–Crippen MR) is 54.9 cm³/mol. The smallest absolute Gasteiger partial charge is 0.0265 e. The van der Waals surface area contributed by atoms with Crippen molar-refractivity contribution in [2.45, 2.75) is 53.4 Å². The summed E-state index contributed by atoms with van der Waals surface area (Å²) in [6.45, 7) is 12.4. The van der Waals surface area contributed by atoms with Gasteiger partial charge in [-0.05, 0) is 12.3 Å². The molecule has 0 nitrogen and oxygen atoms in total. The first-order valence-corrected chi connectivity index (χ1v) is 4.85. The second kappa shape index (κ2) is 12.4. The van der Waals surface area contributed by atoms with Gasteiger partial charge in [0.15, 0.2) is 0 Å². The number of unbranched alkanes of at least 4 members (excludes halogenated alkanes) is 1. The molecule has 1 unspecified atom stereocenters. The summed E-state index contributed by atoms with van der Waals surface area (Å²) in [7, 11) is 0. The SMILES string of the molecule is C=CC(C)CCCC.CCC. The zero-order chi connectivity index (χ0) is 9.11. The lowest BCUT2D eigenvalue weighted by Crippen LogP contribution is -1.86. The van der Waals surface area contributed by atoms with Crippen LogP contribution in [0.4, 0.5) is 0 Å². The summed E-state index contributed by atoms with van der Waals surface area (Å²) in [5.74, 6) is 0.718. The van der Waals surface area contributed by atoms with Gasteiger partial charge in [0.1, 0.15) is 0 Å². The minimum Gasteiger partial charge on any atom is -0.103 e. The van der Waals surface area contributed by atoms with Crippen molar-refractivity contribution in [3.05, 3.63) is 12.7 Å². The van der Waals surface area contributed by atoms with Crippen LogP contribution in [0.2, 0.25) is 0 Å². The van der Waals surface area contributed by atoms with Crippen molar-refractivity contribution in [1.29, 1.82) is 0 Å². The average molecular weight is 156 g/mol. The molecular weight excluding hydrogens is 132 g/mol. The molecule has 68 valence electrons. The van der Waals surface area contributed by atoms with E-state index in [0.717, 1.165) is 5.92 Å². The van der Waals surface area contributed by atoms with Crippen molar-refractivity contribution in [2.24, 2.45) is 5.92 Å². The summed E-state index contributed by atoms with van der Waals surface area (Å²) < 4.78 is 0. The van der Waals surface area contributed by atoms with E-state index in [1.807, 2.05) is 6.08 Å². The van der Waals surface area contributed by atoms with Crippen LogP contribution in [0.5, 0.6) is 0 Å². The molecule has 0 radical (unpaired) electrons. The van der Waals surface area contributed by atoms with E-state index in [9.17, 15) is 0 Å². The number of allylic oxidation sites excluding steroid dienone is 1. The molecule has 0 aromatic heterocycles. The fraction of sp³-hybridized carbons (Fsp3) is 0.818. The van der Waals surface area contributed by atoms with E-state index in [-0.39, 0.29) is 0 Å². The highest BCUT2D eigenvalue weighted by Crippen LogP contribution is 2.06. The van der Waals surface area contributed by atoms with Crippen molar-refractivity contribution >= 4 is 0 Å². The van der Waals surface area contributed by atoms with Gasteiger partial charge in [-0.15, -0.1) is 6.58 Å². The highest BCUT2D eigenvalue weighted by atomic mass is 14.0. The second-order valence-corrected chi connectivity index (χ2v) is 3.06. The third-order valence-electron chi connectivity index (χ3n) is 1.42. The molecule has 11 heavy (non-hydrogen) atoms. The highest BCUT2D eigenvalue weighted by molar-refractivity contribution is 4.73. The molecule has 0 saturated heterocycles. The van der Waals surface area contributed by atoms with Crippen LogP contribution in [0.15, 0.2) is 12.7 Å². The van der Waals surface area contributed by atoms with E-state index in [4.69, 9.17) is 0 Å². The van der Waals surface area contributed by atoms with Gasteiger partial charge >= 0.3 is 0 Å². The molecule has 0 aliphatic heterocycles. The average Bonchev–Trinajstić information content (AvgIpc) is 2.02. The van der Waals surface area contributed by atoms with Crippen LogP contribution in [0.1, 0.15) is 53.4 Å². The third kappa shape index (κ3) is 17.7. The predicted octanol–water partition coefficient (Wildman–Crippen LogP) is 4.42. The first kappa shape index (κ1) is 13.3. The van der Waals surface area contributed by atoms with Gasteiger partial charge < -0.3 is 0 Å². The highest BCUT2D eigenvalue weighted by Gasteiger charge is 1.91. The molecule has 0 heterocycles. The molecule has 0 amide bonds. The van der Waals surface area contributed by atoms with Crippen molar-refractivity contribution in [2.75, 3.05) is 0 Å². The zero-order valence-corrected chi connectivity index (χ0v) is 8.69. The minimum atomic E-state index is 0.718. The Hall–Kier alpha value is -0.260. The monoisotopic (exact) mass is 156 g/mol. The first-order chi connectivity index (χ1) is 5.22. The maximum Gasteiger partial charge on any atom is -0.0265 e. The summed E-state index contributed by atoms with van der Waals surface area (Å²) >= 11 is 0. The first-order valence-electron chi connectivity index (χ1n) is 4.85. The molecule has 0 aromatic carbocycles. The van der Waals surface area contributed by atoms with E-state index in [0.29, 0.717) is 0 Å². The van der Waals surface area contributed by atoms with Gasteiger partial charge in [-0.3, -0.25) is 0 Å². The van der Waals surface area contributed by atoms with Crippen LogP contribution < -0.4 is 0 Å². The van der Waals surface area contributed by atoms with Crippen LogP contribution in [-0.4, -0.2) is 0 Å². The van der Waals surface area contributed by atoms with Gasteiger partial charge in [0.05, 0.1) is 0 Å². The van der Waals surface area contributed by atoms with Gasteiger partial charge in [-0.25, -0.2) is 0 Å². The van der Waals surface area contributed by atoms with E-state index in [1.165, 1.54) is 25.7 Å². The summed E-state index contributed by atoms with van der Waals surface area (Å²) in [6.07, 6.45) is 7.22. The van der Waals surface area contributed by atoms with Crippen LogP contribution in [0, 0.1) is 5.92 Å². The molecule has 0 saturated carbocycles. The van der Waals surface area contributed by atoms with Gasteiger partial charge in [0, 0.05) is 0 Å². The quantitative estimate of drug-likeness (QED) is 0.529. The molecule has 0 spiro atoms. The summed E-state index contributed by atoms with van der Waals surface area (Å²) in [4.78, 5) is 0. The van der Waals surface area contributed by atoms with Crippen LogP contribution in [0.25, 0.3) is 0 Å². The van der Waals surface area contributed by atoms with E-state index >= 15 is 0 Å². The number of hydrogen-bond acceptors (Lipinski definition) is 0. The fourth-order valence-electron chi connectivity index (χ4n) is 0.644. The van der Waals surface area contributed by atoms with Crippen molar-refractivity contribution < 1.29 is 0 Å². The second-order valence-electron chi connectivity index (χ2n) is 3.06. The van der Waals surface area contributed by atoms with Gasteiger partial charge in [0.2, 0.25) is 0 Å². The zero-order valence-electron chi connectivity index (χ0n) is 8.69. The lowest BCUT2D eigenvalue weighted by Gasteiger charge is -2.00. The van der Waals surface area contributed by atoms with E-state index in [2.05, 4.69) is 34.3 Å². The molecule has 0 N–H and O–H groups in total. The molecule has 0 aliphatic rings. The lowest BCUT2D eigenvalue weighted by molar-refractivity contribution is 0.599. The largest absolute Gasteiger partial charge is 0.103 e. The maximum absolute atomic E-state index is 3.71. The van der Waals surface area contributed by atoms with Crippen LogP contribution in [0.3, 0.4) is 0 Å². The molecule has 0 heteroatoms. The Morgan fingerprint density at radius 3 is 2.00 bits per heavy atom. The van der Waals surface area contributed by atoms with E-state index < -0.39 is 0 Å². The Morgan fingerprint density at radius 2 is 1.73 bits per heavy atom. The van der Waals surface area contributed by atoms with Crippen LogP contribution in [-0.2, 0) is 0 Å². The Kier molecular flexibility index (Phi) is 15.1. The van der Waals surface area contributed by atoms with Crippen molar-refractivity contribution in [1.82, 2.24) is 0 Å². The standard InChI is InChI=1S/C8H16.C3H8/c1-4-6-7-8(3)5-2;1-3-2/h5,8H,2,4,6-7H2,1,3H3;3H2,1-2H3. The lowest BCUT2D eigenvalue weighted by atomic mass is 10.1.